The highest BCUT2D eigenvalue weighted by atomic mass is 127. The highest BCUT2D eigenvalue weighted by molar-refractivity contribution is 14.1. The minimum absolute atomic E-state index is 0.0875. The molecule has 4 nitrogen and oxygen atoms in total. The van der Waals surface area contributed by atoms with Gasteiger partial charge in [-0.05, 0) is 47.2 Å². The number of hydrogen-bond donors (Lipinski definition) is 0. The second-order valence-corrected chi connectivity index (χ2v) is 5.86. The van der Waals surface area contributed by atoms with Crippen LogP contribution >= 0.6 is 22.6 Å². The zero-order valence-electron chi connectivity index (χ0n) is 10.9. The topological polar surface area (TPSA) is 47.8 Å². The Kier molecular flexibility index (Phi) is 3.52. The highest BCUT2D eigenvalue weighted by Gasteiger charge is 2.06. The maximum Gasteiger partial charge on any atom is 0.268 e. The van der Waals surface area contributed by atoms with E-state index in [9.17, 15) is 4.79 Å². The SMILES string of the molecule is Cc1cc(Cn2ncc(I)cc2=O)c2ccccc2n1. The Labute approximate surface area is 129 Å². The number of fused-ring (bicyclic) bond motifs is 1. The van der Waals surface area contributed by atoms with Crippen molar-refractivity contribution in [1.29, 1.82) is 0 Å². The van der Waals surface area contributed by atoms with Gasteiger partial charge in [0.05, 0.1) is 18.3 Å². The second-order valence-electron chi connectivity index (χ2n) is 4.61. The van der Waals surface area contributed by atoms with Gasteiger partial charge in [0.15, 0.2) is 0 Å². The van der Waals surface area contributed by atoms with Crippen LogP contribution in [-0.2, 0) is 6.54 Å². The Morgan fingerprint density at radius 3 is 2.85 bits per heavy atom. The molecule has 2 heterocycles. The first-order valence-corrected chi connectivity index (χ1v) is 7.29. The largest absolute Gasteiger partial charge is 0.268 e. The number of nitrogens with zero attached hydrogens (tertiary/aromatic N) is 3. The van der Waals surface area contributed by atoms with Crippen LogP contribution in [0.3, 0.4) is 0 Å². The summed E-state index contributed by atoms with van der Waals surface area (Å²) in [6.45, 7) is 2.42. The Bertz CT molecular complexity index is 842. The lowest BCUT2D eigenvalue weighted by Crippen LogP contribution is -2.23. The molecule has 2 aromatic heterocycles. The van der Waals surface area contributed by atoms with Gasteiger partial charge >= 0.3 is 0 Å². The molecule has 0 saturated carbocycles. The van der Waals surface area contributed by atoms with E-state index in [0.717, 1.165) is 25.7 Å². The zero-order valence-corrected chi connectivity index (χ0v) is 13.0. The Morgan fingerprint density at radius 1 is 1.25 bits per heavy atom. The van der Waals surface area contributed by atoms with Crippen molar-refractivity contribution in [2.75, 3.05) is 0 Å². The summed E-state index contributed by atoms with van der Waals surface area (Å²) in [5, 5.41) is 5.25. The van der Waals surface area contributed by atoms with E-state index in [1.807, 2.05) is 37.3 Å². The van der Waals surface area contributed by atoms with E-state index < -0.39 is 0 Å². The molecule has 0 unspecified atom stereocenters. The van der Waals surface area contributed by atoms with Crippen molar-refractivity contribution < 1.29 is 0 Å². The van der Waals surface area contributed by atoms with Gasteiger partial charge in [-0.1, -0.05) is 18.2 Å². The Morgan fingerprint density at radius 2 is 2.05 bits per heavy atom. The van der Waals surface area contributed by atoms with Crippen molar-refractivity contribution in [2.24, 2.45) is 0 Å². The molecule has 0 amide bonds. The fraction of sp³-hybridized carbons (Fsp3) is 0.133. The van der Waals surface area contributed by atoms with Crippen LogP contribution in [0.4, 0.5) is 0 Å². The van der Waals surface area contributed by atoms with Gasteiger partial charge in [0.2, 0.25) is 0 Å². The van der Waals surface area contributed by atoms with Gasteiger partial charge < -0.3 is 0 Å². The molecule has 5 heteroatoms. The summed E-state index contributed by atoms with van der Waals surface area (Å²) in [7, 11) is 0. The summed E-state index contributed by atoms with van der Waals surface area (Å²) in [6, 6.07) is 11.5. The lowest BCUT2D eigenvalue weighted by atomic mass is 10.1. The van der Waals surface area contributed by atoms with Crippen LogP contribution in [0.15, 0.2) is 47.4 Å². The van der Waals surface area contributed by atoms with Gasteiger partial charge in [-0.2, -0.15) is 5.10 Å². The van der Waals surface area contributed by atoms with Crippen molar-refractivity contribution >= 4 is 33.5 Å². The predicted octanol–water partition coefficient (Wildman–Crippen LogP) is 2.75. The molecule has 0 aliphatic rings. The molecule has 0 N–H and O–H groups in total. The highest BCUT2D eigenvalue weighted by Crippen LogP contribution is 2.18. The third-order valence-electron chi connectivity index (χ3n) is 3.09. The van der Waals surface area contributed by atoms with Crippen LogP contribution in [-0.4, -0.2) is 14.8 Å². The molecule has 0 aliphatic carbocycles. The van der Waals surface area contributed by atoms with Crippen LogP contribution in [0.5, 0.6) is 0 Å². The molecule has 0 radical (unpaired) electrons. The second kappa shape index (κ2) is 5.32. The normalized spacial score (nSPS) is 10.9. The van der Waals surface area contributed by atoms with Crippen LogP contribution < -0.4 is 5.56 Å². The standard InChI is InChI=1S/C15H12IN3O/c1-10-6-11(13-4-2-3-5-14(13)18-10)9-19-15(20)7-12(16)8-17-19/h2-8H,9H2,1H3. The number of rotatable bonds is 2. The molecule has 3 aromatic rings. The van der Waals surface area contributed by atoms with Crippen molar-refractivity contribution in [1.82, 2.24) is 14.8 Å². The van der Waals surface area contributed by atoms with E-state index >= 15 is 0 Å². The Hall–Kier alpha value is -1.76. The first-order chi connectivity index (χ1) is 9.63. The molecule has 0 fully saturated rings. The van der Waals surface area contributed by atoms with Crippen LogP contribution in [0.2, 0.25) is 0 Å². The summed E-state index contributed by atoms with van der Waals surface area (Å²) >= 11 is 2.09. The monoisotopic (exact) mass is 377 g/mol. The summed E-state index contributed by atoms with van der Waals surface area (Å²) < 4.78 is 2.32. The summed E-state index contributed by atoms with van der Waals surface area (Å²) in [5.41, 5.74) is 2.86. The van der Waals surface area contributed by atoms with E-state index in [1.54, 1.807) is 12.3 Å². The first kappa shape index (κ1) is 13.2. The molecule has 0 atom stereocenters. The van der Waals surface area contributed by atoms with Gasteiger partial charge in [-0.25, -0.2) is 4.68 Å². The number of benzene rings is 1. The number of pyridine rings is 1. The maximum absolute atomic E-state index is 11.9. The lowest BCUT2D eigenvalue weighted by Gasteiger charge is -2.09. The smallest absolute Gasteiger partial charge is 0.268 e. The molecular formula is C15H12IN3O. The molecule has 0 spiro atoms. The van der Waals surface area contributed by atoms with E-state index in [0.29, 0.717) is 6.54 Å². The predicted molar refractivity (Wildman–Crippen MR) is 86.8 cm³/mol. The van der Waals surface area contributed by atoms with Crippen molar-refractivity contribution in [2.45, 2.75) is 13.5 Å². The number of aromatic nitrogens is 3. The van der Waals surface area contributed by atoms with Gasteiger partial charge in [0.1, 0.15) is 0 Å². The van der Waals surface area contributed by atoms with Crippen molar-refractivity contribution in [3.8, 4) is 0 Å². The van der Waals surface area contributed by atoms with Gasteiger partial charge in [0, 0.05) is 20.7 Å². The summed E-state index contributed by atoms with van der Waals surface area (Å²) in [5.74, 6) is 0. The quantitative estimate of drug-likeness (QED) is 0.646. The lowest BCUT2D eigenvalue weighted by molar-refractivity contribution is 0.638. The fourth-order valence-corrected chi connectivity index (χ4v) is 2.61. The summed E-state index contributed by atoms with van der Waals surface area (Å²) in [6.07, 6.45) is 1.69. The number of para-hydroxylation sites is 1. The van der Waals surface area contributed by atoms with E-state index in [2.05, 4.69) is 32.7 Å². The van der Waals surface area contributed by atoms with E-state index in [1.165, 1.54) is 4.68 Å². The number of aryl methyl sites for hydroxylation is 1. The minimum Gasteiger partial charge on any atom is -0.268 e. The minimum atomic E-state index is -0.0875. The molecule has 0 aliphatic heterocycles. The molecule has 0 saturated heterocycles. The molecular weight excluding hydrogens is 365 g/mol. The van der Waals surface area contributed by atoms with Crippen LogP contribution in [0.1, 0.15) is 11.3 Å². The fourth-order valence-electron chi connectivity index (χ4n) is 2.22. The zero-order chi connectivity index (χ0) is 14.1. The number of halogens is 1. The average molecular weight is 377 g/mol. The summed E-state index contributed by atoms with van der Waals surface area (Å²) in [4.78, 5) is 16.5. The Balaban J connectivity index is 2.13. The van der Waals surface area contributed by atoms with E-state index in [-0.39, 0.29) is 5.56 Å². The maximum atomic E-state index is 11.9. The van der Waals surface area contributed by atoms with Crippen LogP contribution in [0, 0.1) is 10.5 Å². The first-order valence-electron chi connectivity index (χ1n) is 6.21. The van der Waals surface area contributed by atoms with Crippen LogP contribution in [0.25, 0.3) is 10.9 Å². The number of hydrogen-bond acceptors (Lipinski definition) is 3. The molecule has 1 aromatic carbocycles. The van der Waals surface area contributed by atoms with Gasteiger partial charge in [0.25, 0.3) is 5.56 Å². The third kappa shape index (κ3) is 2.58. The molecule has 0 bridgehead atoms. The van der Waals surface area contributed by atoms with Gasteiger partial charge in [-0.15, -0.1) is 0 Å². The van der Waals surface area contributed by atoms with Gasteiger partial charge in [-0.3, -0.25) is 9.78 Å². The molecule has 3 rings (SSSR count). The average Bonchev–Trinajstić information content (AvgIpc) is 2.41. The molecule has 20 heavy (non-hydrogen) atoms. The molecule has 100 valence electrons. The van der Waals surface area contributed by atoms with E-state index in [4.69, 9.17) is 0 Å². The van der Waals surface area contributed by atoms with Crippen molar-refractivity contribution in [3.63, 3.8) is 0 Å². The third-order valence-corrected chi connectivity index (χ3v) is 3.68. The van der Waals surface area contributed by atoms with Crippen molar-refractivity contribution in [3.05, 3.63) is 67.8 Å².